The lowest BCUT2D eigenvalue weighted by Gasteiger charge is -2.12. The zero-order valence-corrected chi connectivity index (χ0v) is 12.3. The van der Waals surface area contributed by atoms with Crippen LogP contribution in [0, 0.1) is 0 Å². The summed E-state index contributed by atoms with van der Waals surface area (Å²) >= 11 is 0. The number of nitrogens with zero attached hydrogens (tertiary/aromatic N) is 1. The zero-order chi connectivity index (χ0) is 15.0. The van der Waals surface area contributed by atoms with E-state index < -0.39 is 0 Å². The standard InChI is InChI=1S/C14H24N2O4/c1-3-8-11-13(18)16(14(19)15-11)10-7-5-6-9-12(17)20-4-2/h11H,3-10H2,1-2H3,(H,15,19). The van der Waals surface area contributed by atoms with Gasteiger partial charge < -0.3 is 10.1 Å². The molecule has 3 amide bonds. The Kier molecular flexibility index (Phi) is 7.04. The second kappa shape index (κ2) is 8.55. The largest absolute Gasteiger partial charge is 0.466 e. The summed E-state index contributed by atoms with van der Waals surface area (Å²) in [6.45, 7) is 4.59. The van der Waals surface area contributed by atoms with E-state index in [0.717, 1.165) is 25.7 Å². The molecule has 1 unspecified atom stereocenters. The molecule has 0 aromatic rings. The molecule has 1 rings (SSSR count). The Morgan fingerprint density at radius 3 is 2.65 bits per heavy atom. The minimum atomic E-state index is -0.355. The molecule has 1 N–H and O–H groups in total. The molecule has 6 heteroatoms. The van der Waals surface area contributed by atoms with E-state index >= 15 is 0 Å². The van der Waals surface area contributed by atoms with Gasteiger partial charge in [-0.3, -0.25) is 14.5 Å². The van der Waals surface area contributed by atoms with Crippen LogP contribution in [0.15, 0.2) is 0 Å². The van der Waals surface area contributed by atoms with Gasteiger partial charge in [-0.25, -0.2) is 4.79 Å². The van der Waals surface area contributed by atoms with Gasteiger partial charge in [-0.1, -0.05) is 19.8 Å². The minimum Gasteiger partial charge on any atom is -0.466 e. The molecule has 0 aliphatic carbocycles. The summed E-state index contributed by atoms with van der Waals surface area (Å²) < 4.78 is 4.83. The third-order valence-electron chi connectivity index (χ3n) is 3.25. The fraction of sp³-hybridized carbons (Fsp3) is 0.786. The van der Waals surface area contributed by atoms with Gasteiger partial charge in [-0.15, -0.1) is 0 Å². The second-order valence-corrected chi connectivity index (χ2v) is 4.90. The zero-order valence-electron chi connectivity index (χ0n) is 12.3. The lowest BCUT2D eigenvalue weighted by molar-refractivity contribution is -0.143. The molecule has 114 valence electrons. The van der Waals surface area contributed by atoms with Crippen LogP contribution >= 0.6 is 0 Å². The van der Waals surface area contributed by atoms with Crippen molar-refractivity contribution in [1.29, 1.82) is 0 Å². The quantitative estimate of drug-likeness (QED) is 0.398. The number of ether oxygens (including phenoxy) is 1. The van der Waals surface area contributed by atoms with E-state index in [1.807, 2.05) is 6.92 Å². The summed E-state index contributed by atoms with van der Waals surface area (Å²) in [7, 11) is 0. The lowest BCUT2D eigenvalue weighted by atomic mass is 10.1. The Bertz CT molecular complexity index is 357. The maximum absolute atomic E-state index is 11.9. The second-order valence-electron chi connectivity index (χ2n) is 4.90. The third-order valence-corrected chi connectivity index (χ3v) is 3.25. The highest BCUT2D eigenvalue weighted by Gasteiger charge is 2.36. The van der Waals surface area contributed by atoms with Crippen molar-refractivity contribution < 1.29 is 19.1 Å². The predicted octanol–water partition coefficient (Wildman–Crippen LogP) is 1.83. The van der Waals surface area contributed by atoms with Crippen molar-refractivity contribution >= 4 is 17.9 Å². The van der Waals surface area contributed by atoms with Crippen LogP contribution in [-0.4, -0.2) is 42.0 Å². The minimum absolute atomic E-state index is 0.123. The number of carbonyl (C=O) groups excluding carboxylic acids is 3. The molecule has 1 aliphatic heterocycles. The highest BCUT2D eigenvalue weighted by molar-refractivity contribution is 6.04. The van der Waals surface area contributed by atoms with Crippen LogP contribution in [0.2, 0.25) is 0 Å². The molecular formula is C14H24N2O4. The first-order valence-electron chi connectivity index (χ1n) is 7.37. The van der Waals surface area contributed by atoms with Gasteiger partial charge >= 0.3 is 12.0 Å². The third kappa shape index (κ3) is 4.83. The highest BCUT2D eigenvalue weighted by atomic mass is 16.5. The van der Waals surface area contributed by atoms with Gasteiger partial charge in [0.25, 0.3) is 5.91 Å². The summed E-state index contributed by atoms with van der Waals surface area (Å²) in [4.78, 5) is 36.0. The monoisotopic (exact) mass is 284 g/mol. The van der Waals surface area contributed by atoms with Crippen LogP contribution in [0.4, 0.5) is 4.79 Å². The smallest absolute Gasteiger partial charge is 0.324 e. The van der Waals surface area contributed by atoms with E-state index in [9.17, 15) is 14.4 Å². The SMILES string of the molecule is CCCC1NC(=O)N(CCCCCC(=O)OCC)C1=O. The average molecular weight is 284 g/mol. The normalized spacial score (nSPS) is 18.3. The van der Waals surface area contributed by atoms with E-state index in [0.29, 0.717) is 26.0 Å². The Morgan fingerprint density at radius 1 is 1.25 bits per heavy atom. The van der Waals surface area contributed by atoms with Gasteiger partial charge in [-0.2, -0.15) is 0 Å². The number of hydrogen-bond acceptors (Lipinski definition) is 4. The van der Waals surface area contributed by atoms with Crippen molar-refractivity contribution in [1.82, 2.24) is 10.2 Å². The van der Waals surface area contributed by atoms with Crippen LogP contribution in [-0.2, 0) is 14.3 Å². The van der Waals surface area contributed by atoms with Crippen molar-refractivity contribution in [3.05, 3.63) is 0 Å². The first-order chi connectivity index (χ1) is 9.60. The molecule has 6 nitrogen and oxygen atoms in total. The van der Waals surface area contributed by atoms with Crippen molar-refractivity contribution in [3.8, 4) is 0 Å². The molecule has 0 bridgehead atoms. The van der Waals surface area contributed by atoms with Crippen LogP contribution < -0.4 is 5.32 Å². The van der Waals surface area contributed by atoms with E-state index in [4.69, 9.17) is 4.74 Å². The number of esters is 1. The molecule has 0 aromatic heterocycles. The van der Waals surface area contributed by atoms with E-state index in [-0.39, 0.29) is 23.9 Å². The van der Waals surface area contributed by atoms with Gasteiger partial charge in [0.2, 0.25) is 0 Å². The number of carbonyl (C=O) groups is 3. The van der Waals surface area contributed by atoms with E-state index in [1.165, 1.54) is 4.90 Å². The fourth-order valence-electron chi connectivity index (χ4n) is 2.22. The van der Waals surface area contributed by atoms with Crippen molar-refractivity contribution in [2.75, 3.05) is 13.2 Å². The number of unbranched alkanes of at least 4 members (excludes halogenated alkanes) is 2. The molecule has 0 spiro atoms. The molecule has 1 aliphatic rings. The predicted molar refractivity (Wildman–Crippen MR) is 74.0 cm³/mol. The van der Waals surface area contributed by atoms with Crippen LogP contribution in [0.5, 0.6) is 0 Å². The summed E-state index contributed by atoms with van der Waals surface area (Å²) in [5.41, 5.74) is 0. The summed E-state index contributed by atoms with van der Waals surface area (Å²) in [6.07, 6.45) is 4.19. The molecule has 1 saturated heterocycles. The summed E-state index contributed by atoms with van der Waals surface area (Å²) in [6, 6.07) is -0.647. The van der Waals surface area contributed by atoms with Gasteiger partial charge in [0.1, 0.15) is 6.04 Å². The number of urea groups is 1. The summed E-state index contributed by atoms with van der Waals surface area (Å²) in [5, 5.41) is 2.69. The van der Waals surface area contributed by atoms with Crippen molar-refractivity contribution in [3.63, 3.8) is 0 Å². The molecule has 0 aromatic carbocycles. The summed E-state index contributed by atoms with van der Waals surface area (Å²) in [5.74, 6) is -0.312. The molecule has 1 fully saturated rings. The molecule has 0 saturated carbocycles. The Balaban J connectivity index is 2.20. The highest BCUT2D eigenvalue weighted by Crippen LogP contribution is 2.12. The Morgan fingerprint density at radius 2 is 2.00 bits per heavy atom. The average Bonchev–Trinajstić information content (AvgIpc) is 2.66. The first-order valence-corrected chi connectivity index (χ1v) is 7.37. The maximum atomic E-state index is 11.9. The van der Waals surface area contributed by atoms with Crippen LogP contribution in [0.1, 0.15) is 52.4 Å². The Hall–Kier alpha value is -1.59. The fourth-order valence-corrected chi connectivity index (χ4v) is 2.22. The van der Waals surface area contributed by atoms with Crippen LogP contribution in [0.3, 0.4) is 0 Å². The van der Waals surface area contributed by atoms with E-state index in [2.05, 4.69) is 5.32 Å². The number of imide groups is 1. The molecule has 20 heavy (non-hydrogen) atoms. The lowest BCUT2D eigenvalue weighted by Crippen LogP contribution is -2.32. The van der Waals surface area contributed by atoms with Crippen LogP contribution in [0.25, 0.3) is 0 Å². The van der Waals surface area contributed by atoms with Gasteiger partial charge in [-0.05, 0) is 26.2 Å². The topological polar surface area (TPSA) is 75.7 Å². The van der Waals surface area contributed by atoms with Gasteiger partial charge in [0.05, 0.1) is 6.61 Å². The first kappa shape index (κ1) is 16.5. The van der Waals surface area contributed by atoms with Gasteiger partial charge in [0.15, 0.2) is 0 Å². The number of hydrogen-bond donors (Lipinski definition) is 1. The van der Waals surface area contributed by atoms with Crippen molar-refractivity contribution in [2.24, 2.45) is 0 Å². The van der Waals surface area contributed by atoms with E-state index in [1.54, 1.807) is 6.92 Å². The Labute approximate surface area is 119 Å². The maximum Gasteiger partial charge on any atom is 0.324 e. The number of amides is 3. The molecule has 0 radical (unpaired) electrons. The molecular weight excluding hydrogens is 260 g/mol. The number of nitrogens with one attached hydrogen (secondary N) is 1. The molecule has 1 atom stereocenters. The van der Waals surface area contributed by atoms with Gasteiger partial charge in [0, 0.05) is 13.0 Å². The molecule has 1 heterocycles. The number of rotatable bonds is 9. The van der Waals surface area contributed by atoms with Crippen molar-refractivity contribution in [2.45, 2.75) is 58.4 Å².